The zero-order valence-corrected chi connectivity index (χ0v) is 6.98. The minimum Gasteiger partial charge on any atom is -0.370 e. The van der Waals surface area contributed by atoms with Crippen molar-refractivity contribution in [3.8, 4) is 0 Å². The van der Waals surface area contributed by atoms with Gasteiger partial charge in [-0.1, -0.05) is 6.42 Å². The molecular formula is C8H13N3O. The average molecular weight is 167 g/mol. The van der Waals surface area contributed by atoms with Gasteiger partial charge in [-0.05, 0) is 25.7 Å². The summed E-state index contributed by atoms with van der Waals surface area (Å²) < 4.78 is 1.71. The largest absolute Gasteiger partial charge is 0.370 e. The van der Waals surface area contributed by atoms with Crippen LogP contribution in [0, 0.1) is 0 Å². The van der Waals surface area contributed by atoms with Crippen LogP contribution >= 0.6 is 0 Å². The summed E-state index contributed by atoms with van der Waals surface area (Å²) in [6.45, 7) is 0. The van der Waals surface area contributed by atoms with Gasteiger partial charge in [0.2, 0.25) is 0 Å². The van der Waals surface area contributed by atoms with Crippen molar-refractivity contribution in [1.82, 2.24) is 14.8 Å². The van der Waals surface area contributed by atoms with Crippen LogP contribution in [0.1, 0.15) is 32.1 Å². The summed E-state index contributed by atoms with van der Waals surface area (Å²) in [5.41, 5.74) is -0.707. The second kappa shape index (κ2) is 2.86. The fourth-order valence-corrected chi connectivity index (χ4v) is 1.79. The van der Waals surface area contributed by atoms with Crippen LogP contribution in [0.2, 0.25) is 0 Å². The summed E-state index contributed by atoms with van der Waals surface area (Å²) in [4.78, 5) is 0. The van der Waals surface area contributed by atoms with E-state index in [0.29, 0.717) is 0 Å². The average Bonchev–Trinajstić information content (AvgIpc) is 2.58. The number of aromatic nitrogens is 3. The molecule has 1 N–H and O–H groups in total. The van der Waals surface area contributed by atoms with E-state index < -0.39 is 5.72 Å². The number of hydrogen-bond donors (Lipinski definition) is 1. The SMILES string of the molecule is OC1(n2cnnc2)CCCCC1. The van der Waals surface area contributed by atoms with Crippen molar-refractivity contribution in [3.63, 3.8) is 0 Å². The predicted molar refractivity (Wildman–Crippen MR) is 43.3 cm³/mol. The van der Waals surface area contributed by atoms with Crippen LogP contribution in [0.4, 0.5) is 0 Å². The quantitative estimate of drug-likeness (QED) is 0.675. The molecule has 0 spiro atoms. The van der Waals surface area contributed by atoms with Crippen LogP contribution in [0.15, 0.2) is 12.7 Å². The van der Waals surface area contributed by atoms with Gasteiger partial charge < -0.3 is 5.11 Å². The summed E-state index contributed by atoms with van der Waals surface area (Å²) in [6, 6.07) is 0. The van der Waals surface area contributed by atoms with Crippen LogP contribution in [-0.4, -0.2) is 19.9 Å². The fraction of sp³-hybridized carbons (Fsp3) is 0.750. The Morgan fingerprint density at radius 3 is 2.25 bits per heavy atom. The highest BCUT2D eigenvalue weighted by Gasteiger charge is 2.30. The molecule has 1 fully saturated rings. The highest BCUT2D eigenvalue weighted by atomic mass is 16.3. The molecule has 1 aromatic heterocycles. The third-order valence-corrected chi connectivity index (χ3v) is 2.55. The van der Waals surface area contributed by atoms with Crippen molar-refractivity contribution >= 4 is 0 Å². The van der Waals surface area contributed by atoms with Crippen molar-refractivity contribution in [2.75, 3.05) is 0 Å². The Labute approximate surface area is 71.2 Å². The van der Waals surface area contributed by atoms with Crippen molar-refractivity contribution in [3.05, 3.63) is 12.7 Å². The van der Waals surface area contributed by atoms with Gasteiger partial charge in [-0.2, -0.15) is 0 Å². The molecule has 0 bridgehead atoms. The smallest absolute Gasteiger partial charge is 0.143 e. The van der Waals surface area contributed by atoms with E-state index in [2.05, 4.69) is 10.2 Å². The molecular weight excluding hydrogens is 154 g/mol. The molecule has 1 aliphatic carbocycles. The van der Waals surface area contributed by atoms with Gasteiger partial charge in [0.1, 0.15) is 18.4 Å². The fourth-order valence-electron chi connectivity index (χ4n) is 1.79. The second-order valence-corrected chi connectivity index (χ2v) is 3.41. The van der Waals surface area contributed by atoms with E-state index in [9.17, 15) is 5.11 Å². The van der Waals surface area contributed by atoms with E-state index in [4.69, 9.17) is 0 Å². The molecule has 0 aliphatic heterocycles. The van der Waals surface area contributed by atoms with Crippen molar-refractivity contribution in [1.29, 1.82) is 0 Å². The van der Waals surface area contributed by atoms with Gasteiger partial charge in [-0.15, -0.1) is 10.2 Å². The number of rotatable bonds is 1. The van der Waals surface area contributed by atoms with Crippen molar-refractivity contribution in [2.24, 2.45) is 0 Å². The normalized spacial score (nSPS) is 22.4. The molecule has 1 aliphatic rings. The van der Waals surface area contributed by atoms with E-state index in [0.717, 1.165) is 25.7 Å². The number of hydrogen-bond acceptors (Lipinski definition) is 3. The maximum absolute atomic E-state index is 10.1. The molecule has 0 amide bonds. The minimum absolute atomic E-state index is 0.707. The van der Waals surface area contributed by atoms with E-state index in [1.807, 2.05) is 0 Å². The molecule has 66 valence electrons. The zero-order valence-electron chi connectivity index (χ0n) is 6.98. The van der Waals surface area contributed by atoms with Gasteiger partial charge in [-0.25, -0.2) is 0 Å². The molecule has 0 unspecified atom stereocenters. The first-order valence-electron chi connectivity index (χ1n) is 4.39. The van der Waals surface area contributed by atoms with E-state index in [-0.39, 0.29) is 0 Å². The second-order valence-electron chi connectivity index (χ2n) is 3.41. The molecule has 12 heavy (non-hydrogen) atoms. The van der Waals surface area contributed by atoms with Gasteiger partial charge in [-0.3, -0.25) is 4.57 Å². The van der Waals surface area contributed by atoms with E-state index in [1.54, 1.807) is 17.2 Å². The Balaban J connectivity index is 2.19. The van der Waals surface area contributed by atoms with E-state index in [1.165, 1.54) is 6.42 Å². The van der Waals surface area contributed by atoms with Gasteiger partial charge >= 0.3 is 0 Å². The molecule has 1 saturated carbocycles. The summed E-state index contributed by atoms with van der Waals surface area (Å²) in [5, 5.41) is 17.5. The molecule has 4 nitrogen and oxygen atoms in total. The first-order chi connectivity index (χ1) is 5.81. The number of aliphatic hydroxyl groups is 1. The van der Waals surface area contributed by atoms with Crippen LogP contribution < -0.4 is 0 Å². The summed E-state index contributed by atoms with van der Waals surface area (Å²) in [7, 11) is 0. The zero-order chi connectivity index (χ0) is 8.44. The summed E-state index contributed by atoms with van der Waals surface area (Å²) in [6.07, 6.45) is 8.24. The lowest BCUT2D eigenvalue weighted by molar-refractivity contribution is -0.0698. The molecule has 4 heteroatoms. The van der Waals surface area contributed by atoms with Crippen LogP contribution in [0.3, 0.4) is 0 Å². The molecule has 1 aromatic rings. The Bertz CT molecular complexity index is 239. The lowest BCUT2D eigenvalue weighted by Gasteiger charge is -2.32. The van der Waals surface area contributed by atoms with E-state index >= 15 is 0 Å². The Morgan fingerprint density at radius 1 is 1.08 bits per heavy atom. The Kier molecular flexibility index (Phi) is 1.84. The molecule has 2 rings (SSSR count). The van der Waals surface area contributed by atoms with Gasteiger partial charge in [0.25, 0.3) is 0 Å². The highest BCUT2D eigenvalue weighted by Crippen LogP contribution is 2.31. The van der Waals surface area contributed by atoms with Crippen molar-refractivity contribution in [2.45, 2.75) is 37.8 Å². The third-order valence-electron chi connectivity index (χ3n) is 2.55. The maximum Gasteiger partial charge on any atom is 0.143 e. The topological polar surface area (TPSA) is 50.9 Å². The summed E-state index contributed by atoms with van der Waals surface area (Å²) >= 11 is 0. The molecule has 0 radical (unpaired) electrons. The Morgan fingerprint density at radius 2 is 1.67 bits per heavy atom. The molecule has 0 atom stereocenters. The van der Waals surface area contributed by atoms with Gasteiger partial charge in [0.05, 0.1) is 0 Å². The van der Waals surface area contributed by atoms with Gasteiger partial charge in [0, 0.05) is 0 Å². The predicted octanol–water partition coefficient (Wildman–Crippen LogP) is 0.887. The highest BCUT2D eigenvalue weighted by molar-refractivity contribution is 4.81. The first kappa shape index (κ1) is 7.73. The lowest BCUT2D eigenvalue weighted by atomic mass is 9.92. The van der Waals surface area contributed by atoms with Gasteiger partial charge in [0.15, 0.2) is 0 Å². The maximum atomic E-state index is 10.1. The monoisotopic (exact) mass is 167 g/mol. The molecule has 0 aromatic carbocycles. The molecule has 1 heterocycles. The van der Waals surface area contributed by atoms with Crippen LogP contribution in [0.25, 0.3) is 0 Å². The van der Waals surface area contributed by atoms with Crippen molar-refractivity contribution < 1.29 is 5.11 Å². The molecule has 0 saturated heterocycles. The Hall–Kier alpha value is -0.900. The first-order valence-corrected chi connectivity index (χ1v) is 4.39. The third kappa shape index (κ3) is 1.22. The standard InChI is InChI=1S/C8H13N3O/c12-8(4-2-1-3-5-8)11-6-9-10-7-11/h6-7,12H,1-5H2. The van der Waals surface area contributed by atoms with Crippen LogP contribution in [0.5, 0.6) is 0 Å². The van der Waals surface area contributed by atoms with Crippen LogP contribution in [-0.2, 0) is 5.72 Å². The minimum atomic E-state index is -0.707. The number of nitrogens with zero attached hydrogens (tertiary/aromatic N) is 3. The summed E-state index contributed by atoms with van der Waals surface area (Å²) in [5.74, 6) is 0. The lowest BCUT2D eigenvalue weighted by Crippen LogP contribution is -2.34.